The molecule has 108 valence electrons. The SMILES string of the molecule is O=C(c1ccc(Cl)cc1)C1COc2ccc(F)cc2C1O. The van der Waals surface area contributed by atoms with Gasteiger partial charge in [0.05, 0.1) is 12.0 Å². The second-order valence-electron chi connectivity index (χ2n) is 4.92. The van der Waals surface area contributed by atoms with Crippen molar-refractivity contribution in [3.63, 3.8) is 0 Å². The molecule has 1 aliphatic heterocycles. The van der Waals surface area contributed by atoms with Crippen LogP contribution in [0.3, 0.4) is 0 Å². The van der Waals surface area contributed by atoms with Gasteiger partial charge in [-0.05, 0) is 42.5 Å². The number of halogens is 2. The Kier molecular flexibility index (Phi) is 3.66. The molecule has 21 heavy (non-hydrogen) atoms. The number of hydrogen-bond donors (Lipinski definition) is 1. The smallest absolute Gasteiger partial charge is 0.172 e. The van der Waals surface area contributed by atoms with E-state index >= 15 is 0 Å². The zero-order valence-corrected chi connectivity index (χ0v) is 11.7. The van der Waals surface area contributed by atoms with Gasteiger partial charge in [0.25, 0.3) is 0 Å². The number of carbonyl (C=O) groups is 1. The van der Waals surface area contributed by atoms with Crippen LogP contribution in [0, 0.1) is 11.7 Å². The molecular weight excluding hydrogens is 295 g/mol. The second-order valence-corrected chi connectivity index (χ2v) is 5.35. The fourth-order valence-corrected chi connectivity index (χ4v) is 2.54. The van der Waals surface area contributed by atoms with Gasteiger partial charge in [-0.15, -0.1) is 0 Å². The zero-order chi connectivity index (χ0) is 15.0. The molecule has 0 spiro atoms. The Labute approximate surface area is 125 Å². The fourth-order valence-electron chi connectivity index (χ4n) is 2.42. The van der Waals surface area contributed by atoms with Gasteiger partial charge in [-0.3, -0.25) is 4.79 Å². The molecule has 0 saturated carbocycles. The quantitative estimate of drug-likeness (QED) is 0.865. The maximum atomic E-state index is 13.3. The van der Waals surface area contributed by atoms with E-state index in [9.17, 15) is 14.3 Å². The molecule has 0 saturated heterocycles. The van der Waals surface area contributed by atoms with Crippen molar-refractivity contribution in [3.8, 4) is 5.75 Å². The minimum atomic E-state index is -1.09. The maximum absolute atomic E-state index is 13.3. The molecule has 1 N–H and O–H groups in total. The van der Waals surface area contributed by atoms with Crippen molar-refractivity contribution >= 4 is 17.4 Å². The third-order valence-corrected chi connectivity index (χ3v) is 3.81. The van der Waals surface area contributed by atoms with Crippen LogP contribution in [0.5, 0.6) is 5.75 Å². The van der Waals surface area contributed by atoms with Gasteiger partial charge in [-0.25, -0.2) is 4.39 Å². The van der Waals surface area contributed by atoms with E-state index in [-0.39, 0.29) is 12.4 Å². The molecular formula is C16H12ClFO3. The van der Waals surface area contributed by atoms with Gasteiger partial charge in [-0.1, -0.05) is 11.6 Å². The topological polar surface area (TPSA) is 46.5 Å². The monoisotopic (exact) mass is 306 g/mol. The average molecular weight is 307 g/mol. The summed E-state index contributed by atoms with van der Waals surface area (Å²) in [6.45, 7) is 0.0568. The van der Waals surface area contributed by atoms with Crippen molar-refractivity contribution in [3.05, 3.63) is 64.4 Å². The molecule has 5 heteroatoms. The third-order valence-electron chi connectivity index (χ3n) is 3.56. The molecule has 2 unspecified atom stereocenters. The number of carbonyl (C=O) groups excluding carboxylic acids is 1. The van der Waals surface area contributed by atoms with Gasteiger partial charge in [0.1, 0.15) is 18.2 Å². The van der Waals surface area contributed by atoms with Crippen molar-refractivity contribution in [2.45, 2.75) is 6.10 Å². The van der Waals surface area contributed by atoms with Gasteiger partial charge in [-0.2, -0.15) is 0 Å². The highest BCUT2D eigenvalue weighted by Crippen LogP contribution is 2.37. The van der Waals surface area contributed by atoms with E-state index in [0.717, 1.165) is 0 Å². The summed E-state index contributed by atoms with van der Waals surface area (Å²) in [4.78, 5) is 12.4. The summed E-state index contributed by atoms with van der Waals surface area (Å²) < 4.78 is 18.8. The normalized spacial score (nSPS) is 20.5. The van der Waals surface area contributed by atoms with E-state index in [1.807, 2.05) is 0 Å². The molecule has 0 radical (unpaired) electrons. The lowest BCUT2D eigenvalue weighted by atomic mass is 9.87. The molecule has 0 amide bonds. The molecule has 2 atom stereocenters. The van der Waals surface area contributed by atoms with Crippen LogP contribution < -0.4 is 4.74 Å². The van der Waals surface area contributed by atoms with Crippen LogP contribution in [-0.4, -0.2) is 17.5 Å². The second kappa shape index (κ2) is 5.47. The molecule has 3 rings (SSSR count). The highest BCUT2D eigenvalue weighted by Gasteiger charge is 2.35. The summed E-state index contributed by atoms with van der Waals surface area (Å²) in [6, 6.07) is 10.3. The van der Waals surface area contributed by atoms with Gasteiger partial charge in [0, 0.05) is 16.1 Å². The van der Waals surface area contributed by atoms with Crippen molar-refractivity contribution in [2.24, 2.45) is 5.92 Å². The van der Waals surface area contributed by atoms with Gasteiger partial charge in [0.15, 0.2) is 5.78 Å². The van der Waals surface area contributed by atoms with Crippen LogP contribution in [0.25, 0.3) is 0 Å². The highest BCUT2D eigenvalue weighted by atomic mass is 35.5. The Morgan fingerprint density at radius 3 is 2.67 bits per heavy atom. The molecule has 2 aromatic rings. The van der Waals surface area contributed by atoms with Crippen LogP contribution in [0.15, 0.2) is 42.5 Å². The van der Waals surface area contributed by atoms with E-state index in [1.165, 1.54) is 18.2 Å². The number of Topliss-reactive ketones (excluding diaryl/α,β-unsaturated/α-hetero) is 1. The Bertz CT molecular complexity index is 684. The molecule has 3 nitrogen and oxygen atoms in total. The Morgan fingerprint density at radius 2 is 1.95 bits per heavy atom. The summed E-state index contributed by atoms with van der Waals surface area (Å²) in [5.74, 6) is -1.09. The average Bonchev–Trinajstić information content (AvgIpc) is 2.48. The summed E-state index contributed by atoms with van der Waals surface area (Å²) in [6.07, 6.45) is -1.09. The Balaban J connectivity index is 1.90. The number of aliphatic hydroxyl groups excluding tert-OH is 1. The first kappa shape index (κ1) is 14.0. The number of rotatable bonds is 2. The molecule has 0 bridgehead atoms. The minimum absolute atomic E-state index is 0.0568. The number of benzene rings is 2. The van der Waals surface area contributed by atoms with Crippen LogP contribution in [0.1, 0.15) is 22.0 Å². The molecule has 0 aliphatic carbocycles. The summed E-state index contributed by atoms with van der Waals surface area (Å²) in [5, 5.41) is 10.9. The van der Waals surface area contributed by atoms with Gasteiger partial charge < -0.3 is 9.84 Å². The van der Waals surface area contributed by atoms with Crippen molar-refractivity contribution in [1.82, 2.24) is 0 Å². The van der Waals surface area contributed by atoms with Crippen molar-refractivity contribution < 1.29 is 19.0 Å². The number of aliphatic hydroxyl groups is 1. The first-order chi connectivity index (χ1) is 10.1. The molecule has 1 aliphatic rings. The van der Waals surface area contributed by atoms with Crippen LogP contribution in [0.4, 0.5) is 4.39 Å². The highest BCUT2D eigenvalue weighted by molar-refractivity contribution is 6.30. The van der Waals surface area contributed by atoms with E-state index in [2.05, 4.69) is 0 Å². The van der Waals surface area contributed by atoms with Gasteiger partial charge >= 0.3 is 0 Å². The lowest BCUT2D eigenvalue weighted by Crippen LogP contribution is -2.32. The van der Waals surface area contributed by atoms with Gasteiger partial charge in [0.2, 0.25) is 0 Å². The van der Waals surface area contributed by atoms with Crippen molar-refractivity contribution in [1.29, 1.82) is 0 Å². The Morgan fingerprint density at radius 1 is 1.24 bits per heavy atom. The third kappa shape index (κ3) is 2.64. The maximum Gasteiger partial charge on any atom is 0.172 e. The van der Waals surface area contributed by atoms with E-state index in [4.69, 9.17) is 16.3 Å². The number of fused-ring (bicyclic) bond motifs is 1. The summed E-state index contributed by atoms with van der Waals surface area (Å²) in [5.41, 5.74) is 0.737. The first-order valence-electron chi connectivity index (χ1n) is 6.46. The zero-order valence-electron chi connectivity index (χ0n) is 10.9. The van der Waals surface area contributed by atoms with Crippen LogP contribution >= 0.6 is 11.6 Å². The van der Waals surface area contributed by atoms with Crippen LogP contribution in [0.2, 0.25) is 5.02 Å². The number of ether oxygens (including phenoxy) is 1. The lowest BCUT2D eigenvalue weighted by molar-refractivity contribution is 0.0416. The standard InChI is InChI=1S/C16H12ClFO3/c17-10-3-1-9(2-4-10)15(19)13-8-21-14-6-5-11(18)7-12(14)16(13)20/h1-7,13,16,20H,8H2. The van der Waals surface area contributed by atoms with E-state index in [1.54, 1.807) is 24.3 Å². The number of ketones is 1. The van der Waals surface area contributed by atoms with E-state index < -0.39 is 17.8 Å². The van der Waals surface area contributed by atoms with Crippen LogP contribution in [-0.2, 0) is 0 Å². The molecule has 2 aromatic carbocycles. The first-order valence-corrected chi connectivity index (χ1v) is 6.84. The molecule has 1 heterocycles. The largest absolute Gasteiger partial charge is 0.492 e. The lowest BCUT2D eigenvalue weighted by Gasteiger charge is -2.29. The number of hydrogen-bond acceptors (Lipinski definition) is 3. The summed E-state index contributed by atoms with van der Waals surface area (Å²) in [7, 11) is 0. The molecule has 0 fully saturated rings. The molecule has 0 aromatic heterocycles. The van der Waals surface area contributed by atoms with E-state index in [0.29, 0.717) is 21.9 Å². The fraction of sp³-hybridized carbons (Fsp3) is 0.188. The summed E-state index contributed by atoms with van der Waals surface area (Å²) >= 11 is 5.79. The Hall–Kier alpha value is -1.91. The predicted molar refractivity (Wildman–Crippen MR) is 76.1 cm³/mol. The van der Waals surface area contributed by atoms with Crippen molar-refractivity contribution in [2.75, 3.05) is 6.61 Å². The minimum Gasteiger partial charge on any atom is -0.492 e. The predicted octanol–water partition coefficient (Wildman–Crippen LogP) is 3.40.